The van der Waals surface area contributed by atoms with Gasteiger partial charge in [0.15, 0.2) is 0 Å². The molecule has 0 saturated heterocycles. The maximum Gasteiger partial charge on any atom is 0.355 e. The van der Waals surface area contributed by atoms with E-state index in [0.717, 1.165) is 0 Å². The lowest BCUT2D eigenvalue weighted by Crippen LogP contribution is -2.38. The fraction of sp³-hybridized carbons (Fsp3) is 0.353. The maximum atomic E-state index is 12.2. The van der Waals surface area contributed by atoms with Crippen LogP contribution in [0, 0.1) is 6.92 Å². The summed E-state index contributed by atoms with van der Waals surface area (Å²) in [5, 5.41) is 0. The van der Waals surface area contributed by atoms with Gasteiger partial charge in [0.2, 0.25) is 0 Å². The van der Waals surface area contributed by atoms with Gasteiger partial charge in [-0.2, -0.15) is 0 Å². The monoisotopic (exact) mass is 349 g/mol. The predicted octanol–water partition coefficient (Wildman–Crippen LogP) is 1.18. The molecular formula is C17H19NO7. The number of benzene rings is 1. The van der Waals surface area contributed by atoms with Crippen LogP contribution in [0.2, 0.25) is 0 Å². The Labute approximate surface area is 144 Å². The average molecular weight is 349 g/mol. The molecule has 134 valence electrons. The van der Waals surface area contributed by atoms with Gasteiger partial charge in [-0.15, -0.1) is 0 Å². The van der Waals surface area contributed by atoms with Crippen molar-refractivity contribution in [3.05, 3.63) is 40.6 Å². The van der Waals surface area contributed by atoms with Gasteiger partial charge < -0.3 is 23.8 Å². The minimum atomic E-state index is -0.705. The summed E-state index contributed by atoms with van der Waals surface area (Å²) in [4.78, 5) is 37.6. The summed E-state index contributed by atoms with van der Waals surface area (Å²) in [7, 11) is 3.71. The summed E-state index contributed by atoms with van der Waals surface area (Å²) in [5.41, 5.74) is 1.59. The summed E-state index contributed by atoms with van der Waals surface area (Å²) in [6, 6.07) is 4.98. The van der Waals surface area contributed by atoms with E-state index in [0.29, 0.717) is 16.8 Å². The number of hydrogen-bond acceptors (Lipinski definition) is 8. The molecule has 0 aliphatic carbocycles. The molecule has 1 heterocycles. The average Bonchev–Trinajstić information content (AvgIpc) is 2.65. The van der Waals surface area contributed by atoms with Gasteiger partial charge in [-0.3, -0.25) is 0 Å². The van der Waals surface area contributed by atoms with Crippen LogP contribution in [0.4, 0.5) is 5.69 Å². The third-order valence-electron chi connectivity index (χ3n) is 3.77. The van der Waals surface area contributed by atoms with E-state index < -0.39 is 17.9 Å². The van der Waals surface area contributed by atoms with Crippen molar-refractivity contribution in [1.29, 1.82) is 0 Å². The molecule has 0 saturated carbocycles. The highest BCUT2D eigenvalue weighted by Gasteiger charge is 2.32. The third kappa shape index (κ3) is 3.63. The van der Waals surface area contributed by atoms with Crippen LogP contribution in [0.5, 0.6) is 0 Å². The number of carbonyl (C=O) groups excluding carboxylic acids is 3. The lowest BCUT2D eigenvalue weighted by molar-refractivity contribution is -0.140. The van der Waals surface area contributed by atoms with E-state index in [2.05, 4.69) is 0 Å². The molecule has 8 heteroatoms. The summed E-state index contributed by atoms with van der Waals surface area (Å²) in [6.45, 7) is 1.69. The number of esters is 3. The highest BCUT2D eigenvalue weighted by atomic mass is 16.5. The molecule has 0 aromatic heterocycles. The van der Waals surface area contributed by atoms with E-state index in [1.54, 1.807) is 25.1 Å². The van der Waals surface area contributed by atoms with E-state index >= 15 is 0 Å². The maximum absolute atomic E-state index is 12.2. The van der Waals surface area contributed by atoms with Gasteiger partial charge in [0.25, 0.3) is 0 Å². The number of nitrogens with zero attached hydrogens (tertiary/aromatic N) is 1. The molecule has 1 aliphatic rings. The number of aryl methyl sites for hydroxylation is 1. The van der Waals surface area contributed by atoms with Gasteiger partial charge in [-0.25, -0.2) is 14.4 Å². The van der Waals surface area contributed by atoms with Crippen LogP contribution < -0.4 is 4.90 Å². The molecule has 0 unspecified atom stereocenters. The molecule has 0 amide bonds. The predicted molar refractivity (Wildman–Crippen MR) is 86.9 cm³/mol. The van der Waals surface area contributed by atoms with Gasteiger partial charge >= 0.3 is 17.9 Å². The van der Waals surface area contributed by atoms with Crippen molar-refractivity contribution in [2.45, 2.75) is 6.92 Å². The highest BCUT2D eigenvalue weighted by molar-refractivity contribution is 6.03. The molecule has 0 atom stereocenters. The minimum Gasteiger partial charge on any atom is -0.466 e. The van der Waals surface area contributed by atoms with E-state index in [4.69, 9.17) is 18.9 Å². The van der Waals surface area contributed by atoms with Crippen molar-refractivity contribution in [3.8, 4) is 0 Å². The van der Waals surface area contributed by atoms with Crippen molar-refractivity contribution in [1.82, 2.24) is 0 Å². The largest absolute Gasteiger partial charge is 0.466 e. The Morgan fingerprint density at radius 3 is 2.24 bits per heavy atom. The first kappa shape index (κ1) is 18.5. The highest BCUT2D eigenvalue weighted by Crippen LogP contribution is 2.28. The lowest BCUT2D eigenvalue weighted by atomic mass is 10.1. The van der Waals surface area contributed by atoms with Crippen molar-refractivity contribution in [2.75, 3.05) is 39.6 Å². The second-order valence-corrected chi connectivity index (χ2v) is 5.21. The molecule has 1 aromatic rings. The minimum absolute atomic E-state index is 0.00853. The van der Waals surface area contributed by atoms with E-state index in [9.17, 15) is 14.4 Å². The third-order valence-corrected chi connectivity index (χ3v) is 3.77. The van der Waals surface area contributed by atoms with Crippen molar-refractivity contribution in [2.24, 2.45) is 0 Å². The number of anilines is 1. The Morgan fingerprint density at radius 1 is 1.00 bits per heavy atom. The van der Waals surface area contributed by atoms with Gasteiger partial charge in [-0.1, -0.05) is 6.07 Å². The SMILES string of the molecule is COC(=O)C1=C(C(=O)OC)N(c2ccc(C)c(C(=O)OC)c2)COC1. The Balaban J connectivity index is 2.58. The molecule has 8 nitrogen and oxygen atoms in total. The van der Waals surface area contributed by atoms with Crippen LogP contribution in [0.3, 0.4) is 0 Å². The zero-order valence-corrected chi connectivity index (χ0v) is 14.5. The first-order chi connectivity index (χ1) is 11.9. The zero-order valence-electron chi connectivity index (χ0n) is 14.5. The van der Waals surface area contributed by atoms with Crippen LogP contribution in [-0.4, -0.2) is 52.6 Å². The van der Waals surface area contributed by atoms with E-state index in [-0.39, 0.29) is 24.6 Å². The Kier molecular flexibility index (Phi) is 5.76. The molecule has 0 radical (unpaired) electrons. The molecule has 0 N–H and O–H groups in total. The molecule has 2 rings (SSSR count). The summed E-state index contributed by atoms with van der Waals surface area (Å²) in [6.07, 6.45) is 0. The molecule has 0 fully saturated rings. The zero-order chi connectivity index (χ0) is 18.6. The van der Waals surface area contributed by atoms with Gasteiger partial charge in [0.05, 0.1) is 39.1 Å². The first-order valence-electron chi connectivity index (χ1n) is 7.38. The first-order valence-corrected chi connectivity index (χ1v) is 7.38. The number of methoxy groups -OCH3 is 3. The van der Waals surface area contributed by atoms with Crippen LogP contribution in [0.15, 0.2) is 29.5 Å². The lowest BCUT2D eigenvalue weighted by Gasteiger charge is -2.31. The fourth-order valence-electron chi connectivity index (χ4n) is 2.46. The number of rotatable bonds is 4. The quantitative estimate of drug-likeness (QED) is 0.591. The number of ether oxygens (including phenoxy) is 4. The van der Waals surface area contributed by atoms with Crippen molar-refractivity contribution in [3.63, 3.8) is 0 Å². The summed E-state index contributed by atoms with van der Waals surface area (Å²) < 4.78 is 19.7. The second-order valence-electron chi connectivity index (χ2n) is 5.21. The van der Waals surface area contributed by atoms with Gasteiger partial charge in [0, 0.05) is 5.69 Å². The molecular weight excluding hydrogens is 330 g/mol. The Hall–Kier alpha value is -2.87. The number of hydrogen-bond donors (Lipinski definition) is 0. The van der Waals surface area contributed by atoms with Crippen LogP contribution >= 0.6 is 0 Å². The smallest absolute Gasteiger partial charge is 0.355 e. The standard InChI is InChI=1S/C17H19NO7/c1-10-5-6-11(7-12(10)15(19)22-2)18-9-25-8-13(16(20)23-3)14(18)17(21)24-4/h5-7H,8-9H2,1-4H3. The molecule has 0 spiro atoms. The van der Waals surface area contributed by atoms with Crippen LogP contribution in [0.25, 0.3) is 0 Å². The van der Waals surface area contributed by atoms with Gasteiger partial charge in [-0.05, 0) is 24.6 Å². The normalized spacial score (nSPS) is 14.2. The Bertz CT molecular complexity index is 739. The van der Waals surface area contributed by atoms with Crippen LogP contribution in [0.1, 0.15) is 15.9 Å². The van der Waals surface area contributed by atoms with Gasteiger partial charge in [0.1, 0.15) is 12.4 Å². The van der Waals surface area contributed by atoms with E-state index in [1.165, 1.54) is 26.2 Å². The van der Waals surface area contributed by atoms with E-state index in [1.807, 2.05) is 0 Å². The molecule has 1 aromatic carbocycles. The topological polar surface area (TPSA) is 91.4 Å². The molecule has 25 heavy (non-hydrogen) atoms. The Morgan fingerprint density at radius 2 is 1.64 bits per heavy atom. The second kappa shape index (κ2) is 7.80. The van der Waals surface area contributed by atoms with Crippen molar-refractivity contribution >= 4 is 23.6 Å². The fourth-order valence-corrected chi connectivity index (χ4v) is 2.46. The molecule has 0 bridgehead atoms. The molecule has 1 aliphatic heterocycles. The number of carbonyl (C=O) groups is 3. The van der Waals surface area contributed by atoms with Crippen molar-refractivity contribution < 1.29 is 33.3 Å². The van der Waals surface area contributed by atoms with Crippen LogP contribution in [-0.2, 0) is 28.5 Å². The summed E-state index contributed by atoms with van der Waals surface area (Å²) >= 11 is 0. The summed E-state index contributed by atoms with van der Waals surface area (Å²) in [5.74, 6) is -1.90.